The average Bonchev–Trinajstić information content (AvgIpc) is 2.25. The van der Waals surface area contributed by atoms with Gasteiger partial charge in [-0.1, -0.05) is 79.1 Å². The van der Waals surface area contributed by atoms with Crippen molar-refractivity contribution in [1.29, 1.82) is 0 Å². The molecule has 0 amide bonds. The molecule has 0 unspecified atom stereocenters. The summed E-state index contributed by atoms with van der Waals surface area (Å²) in [5.41, 5.74) is 0.596. The van der Waals surface area contributed by atoms with Crippen LogP contribution < -0.4 is 0 Å². The van der Waals surface area contributed by atoms with Gasteiger partial charge >= 0.3 is 0 Å². The Hall–Kier alpha value is 0. The third-order valence-corrected chi connectivity index (χ3v) is 4.45. The van der Waals surface area contributed by atoms with Crippen LogP contribution in [0.3, 0.4) is 0 Å². The summed E-state index contributed by atoms with van der Waals surface area (Å²) in [5, 5.41) is 0. The monoisotopic (exact) mass is 238 g/mol. The zero-order valence-corrected chi connectivity index (χ0v) is 12.7. The molecular formula is C17H34. The lowest BCUT2D eigenvalue weighted by Gasteiger charge is -2.32. The first-order chi connectivity index (χ1) is 7.99. The lowest BCUT2D eigenvalue weighted by Crippen LogP contribution is -2.19. The molecular weight excluding hydrogens is 204 g/mol. The van der Waals surface area contributed by atoms with E-state index >= 15 is 0 Å². The Morgan fingerprint density at radius 2 is 1.65 bits per heavy atom. The summed E-state index contributed by atoms with van der Waals surface area (Å²) < 4.78 is 0. The van der Waals surface area contributed by atoms with Gasteiger partial charge in [0.25, 0.3) is 0 Å². The van der Waals surface area contributed by atoms with E-state index < -0.39 is 0 Å². The smallest absolute Gasteiger partial charge is 0.0352 e. The third-order valence-electron chi connectivity index (χ3n) is 4.45. The van der Waals surface area contributed by atoms with Crippen molar-refractivity contribution < 1.29 is 0 Å². The minimum absolute atomic E-state index is 0.596. The zero-order chi connectivity index (χ0) is 12.7. The van der Waals surface area contributed by atoms with E-state index in [1.807, 2.05) is 0 Å². The second kappa shape index (κ2) is 7.44. The number of unbranched alkanes of at least 4 members (excludes halogenated alkanes) is 1. The minimum atomic E-state index is 0.596. The summed E-state index contributed by atoms with van der Waals surface area (Å²) >= 11 is 0. The first kappa shape index (κ1) is 15.1. The maximum atomic E-state index is 2.50. The summed E-state index contributed by atoms with van der Waals surface area (Å²) in [6.45, 7) is 9.67. The van der Waals surface area contributed by atoms with Gasteiger partial charge < -0.3 is 0 Å². The Bertz CT molecular complexity index is 184. The van der Waals surface area contributed by atoms with Gasteiger partial charge in [-0.2, -0.15) is 0 Å². The van der Waals surface area contributed by atoms with Crippen LogP contribution in [0.5, 0.6) is 0 Å². The normalized spacial score (nSPS) is 18.9. The maximum Gasteiger partial charge on any atom is -0.0352 e. The summed E-state index contributed by atoms with van der Waals surface area (Å²) in [6, 6.07) is 0. The molecule has 0 aromatic heterocycles. The van der Waals surface area contributed by atoms with Crippen LogP contribution in [-0.2, 0) is 0 Å². The fourth-order valence-corrected chi connectivity index (χ4v) is 3.43. The molecule has 1 aliphatic carbocycles. The number of hydrogen-bond donors (Lipinski definition) is 0. The number of hydrogen-bond acceptors (Lipinski definition) is 0. The summed E-state index contributed by atoms with van der Waals surface area (Å²) in [5.74, 6) is 1.93. The van der Waals surface area contributed by atoms with E-state index in [1.165, 1.54) is 64.2 Å². The second-order valence-corrected chi connectivity index (χ2v) is 7.51. The molecule has 0 saturated heterocycles. The van der Waals surface area contributed by atoms with Gasteiger partial charge in [0.15, 0.2) is 0 Å². The largest absolute Gasteiger partial charge is 0.0628 e. The molecule has 0 aliphatic heterocycles. The average molecular weight is 238 g/mol. The van der Waals surface area contributed by atoms with Gasteiger partial charge in [-0.15, -0.1) is 0 Å². The van der Waals surface area contributed by atoms with Crippen molar-refractivity contribution in [2.24, 2.45) is 17.3 Å². The molecule has 0 aromatic rings. The molecule has 102 valence electrons. The van der Waals surface area contributed by atoms with E-state index in [2.05, 4.69) is 27.7 Å². The highest BCUT2D eigenvalue weighted by Gasteiger charge is 2.24. The van der Waals surface area contributed by atoms with Crippen LogP contribution in [0.15, 0.2) is 0 Å². The minimum Gasteiger partial charge on any atom is -0.0628 e. The van der Waals surface area contributed by atoms with Gasteiger partial charge in [0, 0.05) is 0 Å². The molecule has 0 aromatic carbocycles. The van der Waals surface area contributed by atoms with E-state index in [0.717, 1.165) is 11.8 Å². The van der Waals surface area contributed by atoms with E-state index in [1.54, 1.807) is 0 Å². The topological polar surface area (TPSA) is 0 Å². The van der Waals surface area contributed by atoms with E-state index in [4.69, 9.17) is 0 Å². The van der Waals surface area contributed by atoms with Crippen molar-refractivity contribution in [1.82, 2.24) is 0 Å². The number of rotatable bonds is 7. The second-order valence-electron chi connectivity index (χ2n) is 7.51. The maximum absolute atomic E-state index is 2.50. The molecule has 17 heavy (non-hydrogen) atoms. The molecule has 0 radical (unpaired) electrons. The van der Waals surface area contributed by atoms with Crippen molar-refractivity contribution in [3.05, 3.63) is 0 Å². The summed E-state index contributed by atoms with van der Waals surface area (Å²) in [4.78, 5) is 0. The van der Waals surface area contributed by atoms with Crippen LogP contribution >= 0.6 is 0 Å². The fraction of sp³-hybridized carbons (Fsp3) is 1.00. The van der Waals surface area contributed by atoms with Gasteiger partial charge in [-0.25, -0.2) is 0 Å². The van der Waals surface area contributed by atoms with E-state index in [-0.39, 0.29) is 0 Å². The zero-order valence-electron chi connectivity index (χ0n) is 12.7. The Morgan fingerprint density at radius 3 is 2.24 bits per heavy atom. The van der Waals surface area contributed by atoms with Crippen LogP contribution in [0.25, 0.3) is 0 Å². The fourth-order valence-electron chi connectivity index (χ4n) is 3.43. The van der Waals surface area contributed by atoms with Crippen LogP contribution in [0, 0.1) is 17.3 Å². The molecule has 0 N–H and O–H groups in total. The highest BCUT2D eigenvalue weighted by molar-refractivity contribution is 4.76. The predicted octanol–water partition coefficient (Wildman–Crippen LogP) is 6.20. The Morgan fingerprint density at radius 1 is 1.00 bits per heavy atom. The molecule has 0 nitrogen and oxygen atoms in total. The standard InChI is InChI=1S/C17H34/c1-15(2)10-8-9-13-17(3,4)14-16-11-6-5-7-12-16/h15-16H,5-14H2,1-4H3. The van der Waals surface area contributed by atoms with Crippen LogP contribution in [0.1, 0.15) is 91.9 Å². The van der Waals surface area contributed by atoms with Crippen LogP contribution in [-0.4, -0.2) is 0 Å². The van der Waals surface area contributed by atoms with Gasteiger partial charge in [0.2, 0.25) is 0 Å². The first-order valence-corrected chi connectivity index (χ1v) is 7.99. The summed E-state index contributed by atoms with van der Waals surface area (Å²) in [7, 11) is 0. The molecule has 1 fully saturated rings. The molecule has 1 aliphatic rings. The van der Waals surface area contributed by atoms with Gasteiger partial charge in [-0.05, 0) is 30.1 Å². The van der Waals surface area contributed by atoms with Crippen LogP contribution in [0.2, 0.25) is 0 Å². The van der Waals surface area contributed by atoms with Crippen molar-refractivity contribution in [3.8, 4) is 0 Å². The Balaban J connectivity index is 2.15. The highest BCUT2D eigenvalue weighted by atomic mass is 14.3. The van der Waals surface area contributed by atoms with Crippen molar-refractivity contribution in [2.45, 2.75) is 91.9 Å². The van der Waals surface area contributed by atoms with Crippen LogP contribution in [0.4, 0.5) is 0 Å². The van der Waals surface area contributed by atoms with Crippen molar-refractivity contribution >= 4 is 0 Å². The van der Waals surface area contributed by atoms with E-state index in [9.17, 15) is 0 Å². The third kappa shape index (κ3) is 7.11. The molecule has 0 bridgehead atoms. The summed E-state index contributed by atoms with van der Waals surface area (Å²) in [6.07, 6.45) is 14.7. The quantitative estimate of drug-likeness (QED) is 0.463. The molecule has 0 atom stereocenters. The SMILES string of the molecule is CC(C)CCCCC(C)(C)CC1CCCCC1. The van der Waals surface area contributed by atoms with Gasteiger partial charge in [-0.3, -0.25) is 0 Å². The Kier molecular flexibility index (Phi) is 6.59. The first-order valence-electron chi connectivity index (χ1n) is 7.99. The van der Waals surface area contributed by atoms with Gasteiger partial charge in [0.05, 0.1) is 0 Å². The van der Waals surface area contributed by atoms with Crippen molar-refractivity contribution in [2.75, 3.05) is 0 Å². The lowest BCUT2D eigenvalue weighted by atomic mass is 9.74. The lowest BCUT2D eigenvalue weighted by molar-refractivity contribution is 0.203. The van der Waals surface area contributed by atoms with Gasteiger partial charge in [0.1, 0.15) is 0 Å². The predicted molar refractivity (Wildman–Crippen MR) is 78.3 cm³/mol. The Labute approximate surface area is 110 Å². The highest BCUT2D eigenvalue weighted by Crippen LogP contribution is 2.37. The molecule has 0 heterocycles. The van der Waals surface area contributed by atoms with Crippen molar-refractivity contribution in [3.63, 3.8) is 0 Å². The molecule has 0 heteroatoms. The molecule has 0 spiro atoms. The van der Waals surface area contributed by atoms with E-state index in [0.29, 0.717) is 5.41 Å². The molecule has 1 rings (SSSR count). The molecule has 1 saturated carbocycles.